The highest BCUT2D eigenvalue weighted by molar-refractivity contribution is 5.79. The number of hydrogen-bond acceptors (Lipinski definition) is 1. The fourth-order valence-electron chi connectivity index (χ4n) is 3.42. The fourth-order valence-corrected chi connectivity index (χ4v) is 3.42. The highest BCUT2D eigenvalue weighted by Gasteiger charge is 2.32. The lowest BCUT2D eigenvalue weighted by Crippen LogP contribution is -2.31. The molecule has 132 valence electrons. The molecule has 0 aliphatic carbocycles. The number of amides is 1. The monoisotopic (exact) mass is 347 g/mol. The van der Waals surface area contributed by atoms with Gasteiger partial charge in [-0.05, 0) is 37.0 Å². The molecule has 1 unspecified atom stereocenters. The minimum Gasteiger partial charge on any atom is -0.335 e. The number of benzene rings is 2. The Balaban J connectivity index is 1.76. The Bertz CT molecular complexity index is 770. The quantitative estimate of drug-likeness (QED) is 0.772. The number of carbonyl (C=O) groups excluding carboxylic acids is 1. The molecule has 1 aliphatic rings. The summed E-state index contributed by atoms with van der Waals surface area (Å²) in [6.07, 6.45) is -2.60. The first-order valence-electron chi connectivity index (χ1n) is 8.37. The van der Waals surface area contributed by atoms with Crippen LogP contribution in [-0.4, -0.2) is 17.4 Å². The van der Waals surface area contributed by atoms with E-state index < -0.39 is 11.7 Å². The summed E-state index contributed by atoms with van der Waals surface area (Å²) >= 11 is 0. The summed E-state index contributed by atoms with van der Waals surface area (Å²) in [4.78, 5) is 14.5. The topological polar surface area (TPSA) is 20.3 Å². The highest BCUT2D eigenvalue weighted by atomic mass is 19.4. The van der Waals surface area contributed by atoms with E-state index in [1.165, 1.54) is 6.07 Å². The second kappa shape index (κ2) is 6.90. The Labute approximate surface area is 145 Å². The van der Waals surface area contributed by atoms with Crippen molar-refractivity contribution >= 4 is 5.91 Å². The summed E-state index contributed by atoms with van der Waals surface area (Å²) in [7, 11) is 0. The van der Waals surface area contributed by atoms with Crippen LogP contribution in [0.4, 0.5) is 13.2 Å². The zero-order valence-electron chi connectivity index (χ0n) is 14.0. The van der Waals surface area contributed by atoms with Gasteiger partial charge in [-0.15, -0.1) is 0 Å². The van der Waals surface area contributed by atoms with E-state index in [0.717, 1.165) is 36.1 Å². The molecule has 3 rings (SSSR count). The molecule has 1 saturated heterocycles. The van der Waals surface area contributed by atoms with Crippen LogP contribution in [-0.2, 0) is 17.4 Å². The second-order valence-corrected chi connectivity index (χ2v) is 6.53. The first-order chi connectivity index (χ1) is 11.8. The maximum Gasteiger partial charge on any atom is 0.416 e. The lowest BCUT2D eigenvalue weighted by Gasteiger charge is -2.25. The van der Waals surface area contributed by atoms with Gasteiger partial charge in [-0.25, -0.2) is 0 Å². The molecular formula is C20H20F3NO. The molecule has 1 heterocycles. The van der Waals surface area contributed by atoms with Crippen LogP contribution in [0.5, 0.6) is 0 Å². The molecule has 1 amide bonds. The fraction of sp³-hybridized carbons (Fsp3) is 0.350. The maximum absolute atomic E-state index is 12.8. The molecule has 0 N–H and O–H groups in total. The molecule has 5 heteroatoms. The Morgan fingerprint density at radius 1 is 1.16 bits per heavy atom. The minimum atomic E-state index is -4.39. The molecule has 0 radical (unpaired) electrons. The summed E-state index contributed by atoms with van der Waals surface area (Å²) in [6.45, 7) is 2.66. The van der Waals surface area contributed by atoms with E-state index in [2.05, 4.69) is 6.07 Å². The number of rotatable bonds is 3. The molecule has 1 aliphatic heterocycles. The SMILES string of the molecule is Cc1cccc(C2CCCN2C(=O)Cc2cccc(C(F)(F)F)c2)c1. The summed E-state index contributed by atoms with van der Waals surface area (Å²) < 4.78 is 38.5. The van der Waals surface area contributed by atoms with Crippen molar-refractivity contribution in [2.45, 2.75) is 38.4 Å². The van der Waals surface area contributed by atoms with Crippen molar-refractivity contribution in [1.82, 2.24) is 4.90 Å². The van der Waals surface area contributed by atoms with E-state index in [4.69, 9.17) is 0 Å². The molecule has 2 aromatic carbocycles. The molecule has 0 saturated carbocycles. The molecule has 0 bridgehead atoms. The predicted molar refractivity (Wildman–Crippen MR) is 90.0 cm³/mol. The van der Waals surface area contributed by atoms with Gasteiger partial charge < -0.3 is 4.90 Å². The zero-order valence-corrected chi connectivity index (χ0v) is 14.0. The smallest absolute Gasteiger partial charge is 0.335 e. The molecule has 2 aromatic rings. The number of halogens is 3. The summed E-state index contributed by atoms with van der Waals surface area (Å²) in [5.74, 6) is -0.122. The second-order valence-electron chi connectivity index (χ2n) is 6.53. The molecule has 1 fully saturated rings. The van der Waals surface area contributed by atoms with Gasteiger partial charge in [-0.1, -0.05) is 48.0 Å². The van der Waals surface area contributed by atoms with Gasteiger partial charge in [0.25, 0.3) is 0 Å². The van der Waals surface area contributed by atoms with Gasteiger partial charge in [-0.2, -0.15) is 13.2 Å². The van der Waals surface area contributed by atoms with E-state index in [1.54, 1.807) is 11.0 Å². The van der Waals surface area contributed by atoms with Crippen LogP contribution in [0.25, 0.3) is 0 Å². The van der Waals surface area contributed by atoms with Crippen LogP contribution >= 0.6 is 0 Å². The zero-order chi connectivity index (χ0) is 18.0. The minimum absolute atomic E-state index is 0.00770. The van der Waals surface area contributed by atoms with Crippen LogP contribution in [0.1, 0.15) is 41.1 Å². The van der Waals surface area contributed by atoms with Gasteiger partial charge >= 0.3 is 6.18 Å². The van der Waals surface area contributed by atoms with Crippen molar-refractivity contribution in [2.75, 3.05) is 6.54 Å². The molecule has 1 atom stereocenters. The standard InChI is InChI=1S/C20H20F3NO/c1-14-5-2-7-16(11-14)18-9-4-10-24(18)19(25)13-15-6-3-8-17(12-15)20(21,22)23/h2-3,5-8,11-12,18H,4,9-10,13H2,1H3. The molecule has 0 spiro atoms. The third-order valence-electron chi connectivity index (χ3n) is 4.61. The van der Waals surface area contributed by atoms with E-state index >= 15 is 0 Å². The van der Waals surface area contributed by atoms with E-state index in [0.29, 0.717) is 12.1 Å². The van der Waals surface area contributed by atoms with Gasteiger partial charge in [0.1, 0.15) is 0 Å². The van der Waals surface area contributed by atoms with Crippen LogP contribution in [0, 0.1) is 6.92 Å². The average Bonchev–Trinajstić information content (AvgIpc) is 3.04. The van der Waals surface area contributed by atoms with E-state index in [1.807, 2.05) is 25.1 Å². The van der Waals surface area contributed by atoms with Crippen LogP contribution in [0.3, 0.4) is 0 Å². The van der Waals surface area contributed by atoms with Crippen LogP contribution in [0.15, 0.2) is 48.5 Å². The van der Waals surface area contributed by atoms with Gasteiger partial charge in [-0.3, -0.25) is 4.79 Å². The number of aryl methyl sites for hydroxylation is 1. The van der Waals surface area contributed by atoms with Crippen LogP contribution in [0.2, 0.25) is 0 Å². The summed E-state index contributed by atoms with van der Waals surface area (Å²) in [5.41, 5.74) is 1.91. The Morgan fingerprint density at radius 2 is 1.92 bits per heavy atom. The summed E-state index contributed by atoms with van der Waals surface area (Å²) in [5, 5.41) is 0. The molecular weight excluding hydrogens is 327 g/mol. The van der Waals surface area contributed by atoms with E-state index in [-0.39, 0.29) is 18.4 Å². The van der Waals surface area contributed by atoms with Gasteiger partial charge in [0.05, 0.1) is 18.0 Å². The first-order valence-corrected chi connectivity index (χ1v) is 8.37. The van der Waals surface area contributed by atoms with Crippen molar-refractivity contribution in [3.8, 4) is 0 Å². The van der Waals surface area contributed by atoms with Crippen LogP contribution < -0.4 is 0 Å². The third-order valence-corrected chi connectivity index (χ3v) is 4.61. The highest BCUT2D eigenvalue weighted by Crippen LogP contribution is 2.33. The number of nitrogens with zero attached hydrogens (tertiary/aromatic N) is 1. The Kier molecular flexibility index (Phi) is 4.84. The Morgan fingerprint density at radius 3 is 2.64 bits per heavy atom. The first kappa shape index (κ1) is 17.5. The maximum atomic E-state index is 12.8. The van der Waals surface area contributed by atoms with Crippen molar-refractivity contribution < 1.29 is 18.0 Å². The third kappa shape index (κ3) is 4.03. The molecule has 2 nitrogen and oxygen atoms in total. The van der Waals surface area contributed by atoms with Gasteiger partial charge in [0, 0.05) is 6.54 Å². The summed E-state index contributed by atoms with van der Waals surface area (Å²) in [6, 6.07) is 13.1. The van der Waals surface area contributed by atoms with Gasteiger partial charge in [0.15, 0.2) is 0 Å². The molecule has 25 heavy (non-hydrogen) atoms. The number of hydrogen-bond donors (Lipinski definition) is 0. The van der Waals surface area contributed by atoms with E-state index in [9.17, 15) is 18.0 Å². The largest absolute Gasteiger partial charge is 0.416 e. The number of alkyl halides is 3. The van der Waals surface area contributed by atoms with Gasteiger partial charge in [0.2, 0.25) is 5.91 Å². The van der Waals surface area contributed by atoms with Crippen molar-refractivity contribution in [1.29, 1.82) is 0 Å². The lowest BCUT2D eigenvalue weighted by atomic mass is 10.0. The number of carbonyl (C=O) groups is 1. The van der Waals surface area contributed by atoms with Crippen molar-refractivity contribution in [2.24, 2.45) is 0 Å². The predicted octanol–water partition coefficient (Wildman–Crippen LogP) is 4.92. The lowest BCUT2D eigenvalue weighted by molar-refractivity contribution is -0.138. The molecule has 0 aromatic heterocycles. The van der Waals surface area contributed by atoms with Crippen molar-refractivity contribution in [3.05, 3.63) is 70.8 Å². The average molecular weight is 347 g/mol. The van der Waals surface area contributed by atoms with Crippen molar-refractivity contribution in [3.63, 3.8) is 0 Å². The normalized spacial score (nSPS) is 17.8. The number of likely N-dealkylation sites (tertiary alicyclic amines) is 1. The Hall–Kier alpha value is -2.30.